The lowest BCUT2D eigenvalue weighted by atomic mass is 9.51. The highest BCUT2D eigenvalue weighted by atomic mass is 35.5. The molecule has 2 aliphatic heterocycles. The molecule has 54 heavy (non-hydrogen) atoms. The van der Waals surface area contributed by atoms with Crippen molar-refractivity contribution in [3.05, 3.63) is 101 Å². The summed E-state index contributed by atoms with van der Waals surface area (Å²) in [5.41, 5.74) is 2.24. The molecule has 11 nitrogen and oxygen atoms in total. The van der Waals surface area contributed by atoms with Crippen molar-refractivity contribution in [2.75, 3.05) is 9.80 Å². The van der Waals surface area contributed by atoms with Crippen molar-refractivity contribution in [2.24, 2.45) is 36.1 Å². The molecule has 3 aromatic carbocycles. The zero-order chi connectivity index (χ0) is 38.0. The average Bonchev–Trinajstić information content (AvgIpc) is 3.82. The second-order valence-electron chi connectivity index (χ2n) is 14.9. The van der Waals surface area contributed by atoms with Crippen LogP contribution < -0.4 is 15.3 Å². The number of fused-ring (bicyclic) bond motifs is 5. The summed E-state index contributed by atoms with van der Waals surface area (Å²) in [4.78, 5) is 61.5. The van der Waals surface area contributed by atoms with Crippen molar-refractivity contribution >= 4 is 80.7 Å². The van der Waals surface area contributed by atoms with Crippen molar-refractivity contribution in [1.29, 1.82) is 0 Å². The van der Waals surface area contributed by atoms with Crippen LogP contribution in [0.2, 0.25) is 5.02 Å². The van der Waals surface area contributed by atoms with E-state index in [2.05, 4.69) is 0 Å². The van der Waals surface area contributed by atoms with Gasteiger partial charge in [0, 0.05) is 28.8 Å². The van der Waals surface area contributed by atoms with E-state index in [0.717, 1.165) is 31.0 Å². The lowest BCUT2D eigenvalue weighted by Gasteiger charge is -2.49. The maximum Gasteiger partial charge on any atom is 0.488 e. The Bertz CT molecular complexity index is 2490. The third-order valence-corrected chi connectivity index (χ3v) is 13.7. The number of halogens is 1. The Morgan fingerprint density at radius 2 is 1.69 bits per heavy atom. The van der Waals surface area contributed by atoms with E-state index in [1.165, 1.54) is 17.0 Å². The molecule has 2 saturated heterocycles. The fourth-order valence-corrected chi connectivity index (χ4v) is 10.9. The number of benzene rings is 3. The maximum atomic E-state index is 15.0. The first kappa shape index (κ1) is 34.7. The van der Waals surface area contributed by atoms with Crippen molar-refractivity contribution in [3.63, 3.8) is 0 Å². The number of nitrogens with zero attached hydrogens (tertiary/aromatic N) is 4. The minimum absolute atomic E-state index is 0.0459. The fraction of sp³-hybridized carbons (Fsp3) is 0.275. The molecule has 9 rings (SSSR count). The van der Waals surface area contributed by atoms with Gasteiger partial charge in [0.05, 0.1) is 33.7 Å². The number of anilines is 2. The first-order chi connectivity index (χ1) is 25.8. The summed E-state index contributed by atoms with van der Waals surface area (Å²) in [5.74, 6) is -4.76. The minimum atomic E-state index is -1.78. The van der Waals surface area contributed by atoms with Crippen LogP contribution in [-0.4, -0.2) is 55.7 Å². The highest BCUT2D eigenvalue weighted by Crippen LogP contribution is 2.64. The topological polar surface area (TPSA) is 153 Å². The van der Waals surface area contributed by atoms with Crippen molar-refractivity contribution in [2.45, 2.75) is 32.6 Å². The van der Waals surface area contributed by atoms with Gasteiger partial charge in [-0.05, 0) is 97.0 Å². The highest BCUT2D eigenvalue weighted by molar-refractivity contribution is 7.22. The van der Waals surface area contributed by atoms with Crippen molar-refractivity contribution < 1.29 is 34.3 Å². The van der Waals surface area contributed by atoms with Crippen LogP contribution in [0.5, 0.6) is 5.75 Å². The zero-order valence-electron chi connectivity index (χ0n) is 29.4. The number of phenolic OH excluding ortho intramolecular Hbond substituents is 1. The van der Waals surface area contributed by atoms with Crippen molar-refractivity contribution in [3.8, 4) is 16.3 Å². The van der Waals surface area contributed by atoms with Gasteiger partial charge in [-0.15, -0.1) is 11.3 Å². The SMILES string of the molecule is Cc1c(-c2cc(N3C(=O)[C@@H]4C[C@@H]5C(=CC[C@@H]6C(=O)N(c7cccc(B(O)O)c7)C(=O)[C@@H]65)[C@H](c5ccc(O)cc5)[C@]4(C)C3=O)n(C)n2)sc2ccc(Cl)cc12. The number of phenols is 1. The summed E-state index contributed by atoms with van der Waals surface area (Å²) in [6.07, 6.45) is 2.39. The van der Waals surface area contributed by atoms with Gasteiger partial charge in [0.2, 0.25) is 23.6 Å². The highest BCUT2D eigenvalue weighted by Gasteiger charge is 2.68. The Morgan fingerprint density at radius 1 is 0.926 bits per heavy atom. The average molecular weight is 761 g/mol. The molecule has 4 amide bonds. The molecule has 1 saturated carbocycles. The van der Waals surface area contributed by atoms with Crippen LogP contribution in [0.4, 0.5) is 11.5 Å². The van der Waals surface area contributed by atoms with Crippen LogP contribution in [0.25, 0.3) is 20.7 Å². The van der Waals surface area contributed by atoms with Crippen LogP contribution in [0.1, 0.15) is 36.8 Å². The maximum absolute atomic E-state index is 15.0. The molecule has 6 atom stereocenters. The molecular weight excluding hydrogens is 727 g/mol. The summed E-state index contributed by atoms with van der Waals surface area (Å²) in [5, 5.41) is 36.2. The van der Waals surface area contributed by atoms with Gasteiger partial charge in [0.15, 0.2) is 0 Å². The number of carbonyl (C=O) groups excluding carboxylic acids is 4. The van der Waals surface area contributed by atoms with Gasteiger partial charge in [0.25, 0.3) is 0 Å². The van der Waals surface area contributed by atoms with Crippen LogP contribution in [0.15, 0.2) is 84.4 Å². The largest absolute Gasteiger partial charge is 0.508 e. The lowest BCUT2D eigenvalue weighted by molar-refractivity contribution is -0.131. The number of aromatic nitrogens is 2. The van der Waals surface area contributed by atoms with Crippen LogP contribution >= 0.6 is 22.9 Å². The predicted molar refractivity (Wildman–Crippen MR) is 205 cm³/mol. The molecule has 14 heteroatoms. The van der Waals surface area contributed by atoms with E-state index >= 15 is 4.79 Å². The Labute approximate surface area is 319 Å². The standard InChI is InChI=1S/C40H34BClN4O7S/c1-19-27-16-22(42)9-14-31(27)54-35(19)30-18-32(44(3)43-30)46-37(49)29-17-28-25(34(40(29,2)39(46)51)20-7-10-24(47)11-8-20)12-13-26-33(28)38(50)45(36(26)48)23-6-4-5-21(15-23)41(52)53/h4-12,14-16,18,26,28-29,33-34,47,52-53H,13,17H2,1-3H3/t26-,28+,29-,33-,34-,40+/m0/s1. The van der Waals surface area contributed by atoms with Gasteiger partial charge < -0.3 is 15.2 Å². The smallest absolute Gasteiger partial charge is 0.488 e. The molecule has 0 radical (unpaired) electrons. The number of rotatable bonds is 5. The minimum Gasteiger partial charge on any atom is -0.508 e. The monoisotopic (exact) mass is 760 g/mol. The lowest BCUT2D eigenvalue weighted by Crippen LogP contribution is -2.48. The van der Waals surface area contributed by atoms with Gasteiger partial charge in [-0.3, -0.25) is 28.8 Å². The van der Waals surface area contributed by atoms with E-state index in [1.54, 1.807) is 65.5 Å². The molecule has 4 heterocycles. The van der Waals surface area contributed by atoms with E-state index in [-0.39, 0.29) is 35.6 Å². The molecule has 2 aliphatic carbocycles. The number of hydrogen-bond acceptors (Lipinski definition) is 9. The van der Waals surface area contributed by atoms with Gasteiger partial charge in [-0.1, -0.05) is 47.5 Å². The molecule has 0 spiro atoms. The number of amides is 4. The van der Waals surface area contributed by atoms with Gasteiger partial charge in [-0.25, -0.2) is 4.90 Å². The van der Waals surface area contributed by atoms with E-state index < -0.39 is 59.8 Å². The quantitative estimate of drug-likeness (QED) is 0.127. The first-order valence-corrected chi connectivity index (χ1v) is 18.9. The second-order valence-corrected chi connectivity index (χ2v) is 16.4. The number of hydrogen-bond donors (Lipinski definition) is 3. The van der Waals surface area contributed by atoms with E-state index in [0.29, 0.717) is 22.1 Å². The molecule has 4 aliphatic rings. The number of imide groups is 2. The summed E-state index contributed by atoms with van der Waals surface area (Å²) in [6, 6.07) is 20.1. The molecule has 0 unspecified atom stereocenters. The van der Waals surface area contributed by atoms with E-state index in [1.807, 2.05) is 38.1 Å². The summed E-state index contributed by atoms with van der Waals surface area (Å²) >= 11 is 7.86. The number of aryl methyl sites for hydroxylation is 2. The van der Waals surface area contributed by atoms with Gasteiger partial charge in [0.1, 0.15) is 17.3 Å². The summed E-state index contributed by atoms with van der Waals surface area (Å²) in [6.45, 7) is 3.81. The first-order valence-electron chi connectivity index (χ1n) is 17.7. The number of allylic oxidation sites excluding steroid dienone is 2. The van der Waals surface area contributed by atoms with Crippen LogP contribution in [-0.2, 0) is 26.2 Å². The molecule has 5 aromatic rings. The predicted octanol–water partition coefficient (Wildman–Crippen LogP) is 5.08. The Balaban J connectivity index is 1.13. The molecule has 3 N–H and O–H groups in total. The fourth-order valence-electron chi connectivity index (χ4n) is 9.57. The molecule has 0 bridgehead atoms. The van der Waals surface area contributed by atoms with Crippen LogP contribution in [0, 0.1) is 36.0 Å². The third-order valence-electron chi connectivity index (χ3n) is 12.1. The number of aromatic hydroxyl groups is 1. The Hall–Kier alpha value is -5.08. The summed E-state index contributed by atoms with van der Waals surface area (Å²) < 4.78 is 2.59. The Morgan fingerprint density at radius 3 is 2.43 bits per heavy atom. The molecular formula is C40H34BClN4O7S. The summed E-state index contributed by atoms with van der Waals surface area (Å²) in [7, 11) is -0.0803. The number of carbonyl (C=O) groups is 4. The zero-order valence-corrected chi connectivity index (χ0v) is 31.0. The second kappa shape index (κ2) is 12.2. The normalized spacial score (nSPS) is 26.3. The number of thiophene rings is 1. The van der Waals surface area contributed by atoms with E-state index in [9.17, 15) is 29.5 Å². The Kier molecular flexibility index (Phi) is 7.85. The third kappa shape index (κ3) is 4.84. The van der Waals surface area contributed by atoms with Crippen LogP contribution in [0.3, 0.4) is 0 Å². The molecule has 3 fully saturated rings. The molecule has 272 valence electrons. The van der Waals surface area contributed by atoms with E-state index in [4.69, 9.17) is 16.7 Å². The van der Waals surface area contributed by atoms with Gasteiger partial charge >= 0.3 is 7.12 Å². The molecule has 2 aromatic heterocycles. The van der Waals surface area contributed by atoms with Crippen molar-refractivity contribution in [1.82, 2.24) is 9.78 Å². The van der Waals surface area contributed by atoms with Gasteiger partial charge in [-0.2, -0.15) is 5.10 Å².